The lowest BCUT2D eigenvalue weighted by Crippen LogP contribution is -1.91. The Morgan fingerprint density at radius 1 is 0.195 bits per heavy atom. The van der Waals surface area contributed by atoms with Crippen LogP contribution in [0.4, 0.5) is 0 Å². The van der Waals surface area contributed by atoms with Crippen molar-refractivity contribution in [1.82, 2.24) is 0 Å². The van der Waals surface area contributed by atoms with Gasteiger partial charge in [0, 0.05) is 40.3 Å². The molecule has 382 valence electrons. The molecule has 0 fully saturated rings. The molecule has 15 aromatic carbocycles. The molecule has 0 aliphatic rings. The van der Waals surface area contributed by atoms with E-state index in [1.54, 1.807) is 0 Å². The summed E-state index contributed by atoms with van der Waals surface area (Å²) in [6.07, 6.45) is 0. The first-order valence-corrected chi connectivity index (χ1v) is 25.7. The molecule has 82 heavy (non-hydrogen) atoms. The van der Waals surface area contributed by atoms with Gasteiger partial charge in [0.25, 0.3) is 0 Å². The molecule has 17 rings (SSSR count). The predicted molar refractivity (Wildman–Crippen MR) is 359 cm³/mol. The molecule has 0 bridgehead atoms. The summed E-state index contributed by atoms with van der Waals surface area (Å²) in [6, 6.07) is -42.7. The maximum absolute atomic E-state index is 9.50. The van der Waals surface area contributed by atoms with Gasteiger partial charge >= 0.3 is 0 Å². The van der Waals surface area contributed by atoms with Gasteiger partial charge in [-0.2, -0.15) is 0 Å². The van der Waals surface area contributed by atoms with E-state index >= 15 is 0 Å². The maximum Gasteiger partial charge on any atom is 0.0638 e. The van der Waals surface area contributed by atoms with Gasteiger partial charge in [0.15, 0.2) is 0 Å². The molecule has 0 unspecified atom stereocenters. The zero-order valence-corrected chi connectivity index (χ0v) is 42.4. The van der Waals surface area contributed by atoms with Gasteiger partial charge in [0.2, 0.25) is 0 Å². The van der Waals surface area contributed by atoms with Crippen molar-refractivity contribution in [3.05, 3.63) is 302 Å². The largest absolute Gasteiger partial charge is 0.135 e. The SMILES string of the molecule is [2H]c1c([2H])c(-c2c3c([2H])c([2H])c([2H])c([2H])c3c(-c3c([2H])c([2H])c([2H])c4sc5c([2H])c([2H])c([2H])c([2H])c5c34)c3c([2H])c([2H])c([2H])c([2H])c23)c([2H])c([2H])c1-c1c([2H])c([2H])c2c([2H])c([2H])c([2H])c([2H])c2c1[2H].[2H]c1c([2H])c([2H])c(-c2c([2H])c([2H])c(-c3c4c([2H])c([2H])c([2H])c([2H])c4c(-c4c([2H])c([2H])c([2H])c5sc6c([2H])c([2H])c([2H])c([2H])c6c45)c4c([2H])c([2H])c([2H])c([2H])c34)c([2H])c2[2H])c([2H])c1[2H]. The molecule has 0 radical (unpaired) electrons. The van der Waals surface area contributed by atoms with Gasteiger partial charge in [-0.1, -0.05) is 272 Å². The number of rotatable bonds is 6. The fraction of sp³-hybridized carbons (Fsp3) is 0. The Balaban J connectivity index is 0.000000193. The molecule has 0 nitrogen and oxygen atoms in total. The van der Waals surface area contributed by atoms with Crippen molar-refractivity contribution in [3.8, 4) is 66.8 Å². The fourth-order valence-corrected chi connectivity index (χ4v) is 11.7. The second kappa shape index (κ2) is 20.0. The third kappa shape index (κ3) is 8.02. The van der Waals surface area contributed by atoms with Crippen molar-refractivity contribution in [2.45, 2.75) is 0 Å². The molecule has 0 atom stereocenters. The third-order valence-electron chi connectivity index (χ3n) is 13.1. The van der Waals surface area contributed by atoms with Crippen LogP contribution in [0, 0.1) is 0 Å². The van der Waals surface area contributed by atoms with Gasteiger partial charge in [0.1, 0.15) is 0 Å². The highest BCUT2D eigenvalue weighted by molar-refractivity contribution is 7.26. The van der Waals surface area contributed by atoms with E-state index in [9.17, 15) is 21.9 Å². The molecule has 0 spiro atoms. The lowest BCUT2D eigenvalue weighted by molar-refractivity contribution is 1.61. The molecule has 0 aliphatic carbocycles. The summed E-state index contributed by atoms with van der Waals surface area (Å²) >= 11 is 1.34. The van der Waals surface area contributed by atoms with E-state index in [4.69, 9.17) is 46.6 Å². The van der Waals surface area contributed by atoms with E-state index in [1.807, 2.05) is 0 Å². The van der Waals surface area contributed by atoms with E-state index < -0.39 is 423 Å². The number of hydrogen-bond donors (Lipinski definition) is 0. The average Bonchev–Trinajstić information content (AvgIpc) is 1.09. The van der Waals surface area contributed by atoms with Gasteiger partial charge < -0.3 is 0 Å². The van der Waals surface area contributed by atoms with Crippen LogP contribution in [0.1, 0.15) is 68.5 Å². The highest BCUT2D eigenvalue weighted by Gasteiger charge is 2.22. The van der Waals surface area contributed by atoms with Crippen LogP contribution in [-0.2, 0) is 0 Å². The topological polar surface area (TPSA) is 0 Å². The van der Waals surface area contributed by atoms with Crippen molar-refractivity contribution < 1.29 is 68.5 Å². The second-order valence-electron chi connectivity index (χ2n) is 17.5. The lowest BCUT2D eigenvalue weighted by Gasteiger charge is -2.18. The summed E-state index contributed by atoms with van der Waals surface area (Å²) in [5.74, 6) is 0. The van der Waals surface area contributed by atoms with E-state index in [0.29, 0.717) is 22.7 Å². The lowest BCUT2D eigenvalue weighted by atomic mass is 9.84. The second-order valence-corrected chi connectivity index (χ2v) is 19.6. The van der Waals surface area contributed by atoms with E-state index in [2.05, 4.69) is 0 Å². The Kier molecular flexibility index (Phi) is 4.72. The van der Waals surface area contributed by atoms with E-state index in [-0.39, 0.29) is 40.3 Å². The Morgan fingerprint density at radius 3 is 0.939 bits per heavy atom. The van der Waals surface area contributed by atoms with Crippen LogP contribution in [0.15, 0.2) is 302 Å². The molecule has 2 heteroatoms. The Morgan fingerprint density at radius 2 is 0.500 bits per heavy atom. The number of benzene rings is 15. The van der Waals surface area contributed by atoms with Crippen LogP contribution in [-0.4, -0.2) is 0 Å². The van der Waals surface area contributed by atoms with E-state index in [0.717, 1.165) is 0 Å². The Bertz CT molecular complexity index is 8190. The molecule has 0 saturated heterocycles. The first-order chi connectivity index (χ1) is 61.5. The minimum Gasteiger partial charge on any atom is -0.135 e. The van der Waals surface area contributed by atoms with Crippen molar-refractivity contribution >= 4 is 117 Å². The molecular weight excluding hydrogens is 1030 g/mol. The molecule has 0 amide bonds. The quantitative estimate of drug-likeness (QED) is 0.146. The summed E-state index contributed by atoms with van der Waals surface area (Å²) in [5.41, 5.74) is -8.13. The van der Waals surface area contributed by atoms with E-state index in [1.165, 1.54) is 0 Å². The minimum atomic E-state index is -1.06. The first kappa shape index (κ1) is 19.4. The predicted octanol–water partition coefficient (Wildman–Crippen LogP) is 23.9. The van der Waals surface area contributed by atoms with Crippen molar-refractivity contribution in [2.24, 2.45) is 0 Å². The standard InChI is InChI=1S/C42H26S.C38H24S/c1-2-11-30-26-31(25-22-27(30)10-1)28-20-23-29(24-21-28)40-32-12-3-5-14-34(32)41(35-15-6-4-13-33(35)40)37-17-9-19-39-42(37)36-16-7-8-18-38(36)43-39;1-2-11-25(12-3-1)26-21-23-27(24-22-26)36-28-13-4-6-15-30(28)37(31-16-7-5-14-29(31)36)33-18-10-20-35-38(33)32-17-8-9-19-34(32)39-35/h1-26H;1-24H/i1D,2D,3D,4D,5D,6D,7D,8D,9D,10D,11D,12D,13D,14D,15D,16D,17D,18D,19D,20D,21D,22D,23D,24D,25D,26D;1D,2D,3D,4D,5D,6D,7D,8D,9D,10D,11D,12D,13D,14D,15D,16D,17D,18D,19D,20D,21D,22D,23D,24D. The molecule has 0 N–H and O–H groups in total. The van der Waals surface area contributed by atoms with Crippen LogP contribution < -0.4 is 0 Å². The minimum absolute atomic E-state index is 0.118. The van der Waals surface area contributed by atoms with Crippen LogP contribution in [0.2, 0.25) is 0 Å². The summed E-state index contributed by atoms with van der Waals surface area (Å²) in [5, 5.41) is -7.38. The van der Waals surface area contributed by atoms with Crippen LogP contribution in [0.5, 0.6) is 0 Å². The highest BCUT2D eigenvalue weighted by atomic mass is 32.1. The molecule has 2 heterocycles. The van der Waals surface area contributed by atoms with Crippen molar-refractivity contribution in [2.75, 3.05) is 0 Å². The van der Waals surface area contributed by atoms with Gasteiger partial charge in [-0.05, 0) is 151 Å². The Labute approximate surface area is 554 Å². The van der Waals surface area contributed by atoms with Gasteiger partial charge in [-0.3, -0.25) is 0 Å². The highest BCUT2D eigenvalue weighted by Crippen LogP contribution is 2.50. The van der Waals surface area contributed by atoms with Crippen molar-refractivity contribution in [1.29, 1.82) is 0 Å². The summed E-state index contributed by atoms with van der Waals surface area (Å²) < 4.78 is 444. The monoisotopic (exact) mass is 1120 g/mol. The zero-order valence-electron chi connectivity index (χ0n) is 90.8. The van der Waals surface area contributed by atoms with Gasteiger partial charge in [-0.15, -0.1) is 22.7 Å². The average molecular weight is 1130 g/mol. The zero-order chi connectivity index (χ0) is 97.6. The normalized spacial score (nSPS) is 20.2. The molecule has 0 aliphatic heterocycles. The molecule has 17 aromatic rings. The van der Waals surface area contributed by atoms with Crippen LogP contribution >= 0.6 is 22.7 Å². The van der Waals surface area contributed by atoms with Gasteiger partial charge in [0.05, 0.1) is 68.5 Å². The maximum atomic E-state index is 9.50. The Hall–Kier alpha value is -9.96. The van der Waals surface area contributed by atoms with Crippen molar-refractivity contribution in [3.63, 3.8) is 0 Å². The smallest absolute Gasteiger partial charge is 0.0638 e. The van der Waals surface area contributed by atoms with Crippen LogP contribution in [0.3, 0.4) is 0 Å². The molecular formula is C80H50S2. The third-order valence-corrected chi connectivity index (χ3v) is 15.2. The summed E-state index contributed by atoms with van der Waals surface area (Å²) in [7, 11) is 0. The fourth-order valence-electron chi connectivity index (χ4n) is 9.75. The molecule has 0 saturated carbocycles. The number of fused-ring (bicyclic) bond motifs is 11. The summed E-state index contributed by atoms with van der Waals surface area (Å²) in [6.45, 7) is 0. The summed E-state index contributed by atoms with van der Waals surface area (Å²) in [4.78, 5) is 0. The first-order valence-electron chi connectivity index (χ1n) is 49.1. The van der Waals surface area contributed by atoms with Crippen LogP contribution in [0.25, 0.3) is 161 Å². The number of thiophene rings is 2. The molecule has 2 aromatic heterocycles. The van der Waals surface area contributed by atoms with Gasteiger partial charge in [-0.25, -0.2) is 0 Å². The number of hydrogen-bond acceptors (Lipinski definition) is 2.